The highest BCUT2D eigenvalue weighted by atomic mass is 32.1. The lowest BCUT2D eigenvalue weighted by molar-refractivity contribution is 0.0998. The zero-order valence-corrected chi connectivity index (χ0v) is 16.2. The molecular weight excluding hydrogens is 364 g/mol. The van der Waals surface area contributed by atoms with Crippen molar-refractivity contribution in [3.8, 4) is 11.3 Å². The number of hydrogen-bond acceptors (Lipinski definition) is 2. The average molecular weight is 385 g/mol. The summed E-state index contributed by atoms with van der Waals surface area (Å²) in [5.41, 5.74) is 4.08. The minimum Gasteiger partial charge on any atom is -0.316 e. The molecule has 1 amide bonds. The largest absolute Gasteiger partial charge is 0.316 e. The summed E-state index contributed by atoms with van der Waals surface area (Å²) in [7, 11) is 0. The quantitative estimate of drug-likeness (QED) is 0.466. The van der Waals surface area contributed by atoms with E-state index >= 15 is 0 Å². The SMILES string of the molecule is O=C(N=c1scc(-c2ccccc2)n1CCc1ccccc1)c1ccccc1. The Morgan fingerprint density at radius 1 is 0.821 bits per heavy atom. The number of amides is 1. The van der Waals surface area contributed by atoms with Crippen molar-refractivity contribution < 1.29 is 4.79 Å². The van der Waals surface area contributed by atoms with Gasteiger partial charge in [0.15, 0.2) is 4.80 Å². The number of aryl methyl sites for hydroxylation is 1. The Morgan fingerprint density at radius 3 is 2.11 bits per heavy atom. The smallest absolute Gasteiger partial charge is 0.279 e. The molecule has 0 atom stereocenters. The van der Waals surface area contributed by atoms with E-state index in [1.54, 1.807) is 12.1 Å². The van der Waals surface area contributed by atoms with Crippen molar-refractivity contribution in [2.75, 3.05) is 0 Å². The Morgan fingerprint density at radius 2 is 1.43 bits per heavy atom. The summed E-state index contributed by atoms with van der Waals surface area (Å²) >= 11 is 1.50. The Bertz CT molecular complexity index is 1110. The van der Waals surface area contributed by atoms with Gasteiger partial charge in [0.1, 0.15) is 0 Å². The number of rotatable bonds is 5. The van der Waals surface area contributed by atoms with Crippen molar-refractivity contribution in [3.63, 3.8) is 0 Å². The van der Waals surface area contributed by atoms with Gasteiger partial charge < -0.3 is 4.57 Å². The van der Waals surface area contributed by atoms with Crippen molar-refractivity contribution in [1.29, 1.82) is 0 Å². The number of carbonyl (C=O) groups is 1. The maximum Gasteiger partial charge on any atom is 0.279 e. The first-order valence-corrected chi connectivity index (χ1v) is 10.1. The van der Waals surface area contributed by atoms with E-state index in [0.717, 1.165) is 29.0 Å². The third kappa shape index (κ3) is 4.18. The number of carbonyl (C=O) groups excluding carboxylic acids is 1. The average Bonchev–Trinajstić information content (AvgIpc) is 3.16. The number of thiazole rings is 1. The molecular formula is C24H20N2OS. The second kappa shape index (κ2) is 8.63. The van der Waals surface area contributed by atoms with E-state index < -0.39 is 0 Å². The third-order valence-corrected chi connectivity index (χ3v) is 5.42. The van der Waals surface area contributed by atoms with Crippen LogP contribution in [0.5, 0.6) is 0 Å². The second-order valence-corrected chi connectivity index (χ2v) is 7.28. The van der Waals surface area contributed by atoms with Crippen LogP contribution in [0.1, 0.15) is 15.9 Å². The first-order chi connectivity index (χ1) is 13.8. The topological polar surface area (TPSA) is 34.4 Å². The molecule has 0 spiro atoms. The molecule has 0 radical (unpaired) electrons. The molecule has 0 aliphatic heterocycles. The monoisotopic (exact) mass is 384 g/mol. The van der Waals surface area contributed by atoms with Crippen molar-refractivity contribution >= 4 is 17.2 Å². The highest BCUT2D eigenvalue weighted by Gasteiger charge is 2.10. The normalized spacial score (nSPS) is 11.5. The number of aromatic nitrogens is 1. The molecule has 0 unspecified atom stereocenters. The fraction of sp³-hybridized carbons (Fsp3) is 0.0833. The number of nitrogens with zero attached hydrogens (tertiary/aromatic N) is 2. The Kier molecular flexibility index (Phi) is 5.59. The second-order valence-electron chi connectivity index (χ2n) is 6.44. The van der Waals surface area contributed by atoms with Gasteiger partial charge in [0.25, 0.3) is 5.91 Å². The van der Waals surface area contributed by atoms with Crippen molar-refractivity contribution in [3.05, 3.63) is 112 Å². The van der Waals surface area contributed by atoms with Gasteiger partial charge in [0.2, 0.25) is 0 Å². The van der Waals surface area contributed by atoms with Gasteiger partial charge in [0.05, 0.1) is 5.69 Å². The molecule has 1 heterocycles. The first kappa shape index (κ1) is 18.1. The third-order valence-electron chi connectivity index (χ3n) is 4.55. The van der Waals surface area contributed by atoms with Crippen LogP contribution in [-0.4, -0.2) is 10.5 Å². The van der Waals surface area contributed by atoms with Crippen LogP contribution in [0.25, 0.3) is 11.3 Å². The molecule has 4 heteroatoms. The maximum absolute atomic E-state index is 12.6. The lowest BCUT2D eigenvalue weighted by atomic mass is 10.1. The van der Waals surface area contributed by atoms with Gasteiger partial charge in [-0.3, -0.25) is 4.79 Å². The van der Waals surface area contributed by atoms with Crippen LogP contribution in [0.15, 0.2) is 101 Å². The zero-order valence-electron chi connectivity index (χ0n) is 15.4. The highest BCUT2D eigenvalue weighted by Crippen LogP contribution is 2.20. The van der Waals surface area contributed by atoms with Crippen LogP contribution >= 0.6 is 11.3 Å². The summed E-state index contributed by atoms with van der Waals surface area (Å²) in [5.74, 6) is -0.212. The summed E-state index contributed by atoms with van der Waals surface area (Å²) in [6.07, 6.45) is 0.879. The van der Waals surface area contributed by atoms with Crippen molar-refractivity contribution in [2.45, 2.75) is 13.0 Å². The Labute approximate surface area is 168 Å². The molecule has 1 aromatic heterocycles. The van der Waals surface area contributed by atoms with Crippen molar-refractivity contribution in [2.24, 2.45) is 4.99 Å². The minimum absolute atomic E-state index is 0.212. The first-order valence-electron chi connectivity index (χ1n) is 9.23. The predicted octanol–water partition coefficient (Wildman–Crippen LogP) is 5.20. The van der Waals surface area contributed by atoms with Crippen LogP contribution in [-0.2, 0) is 13.0 Å². The molecule has 0 fully saturated rings. The molecule has 138 valence electrons. The van der Waals surface area contributed by atoms with E-state index in [0.29, 0.717) is 5.56 Å². The summed E-state index contributed by atoms with van der Waals surface area (Å²) in [4.78, 5) is 17.8. The molecule has 4 rings (SSSR count). The van der Waals surface area contributed by atoms with E-state index in [4.69, 9.17) is 0 Å². The van der Waals surface area contributed by atoms with Gasteiger partial charge in [-0.2, -0.15) is 4.99 Å². The van der Waals surface area contributed by atoms with Crippen LogP contribution in [0.2, 0.25) is 0 Å². The molecule has 0 N–H and O–H groups in total. The molecule has 3 aromatic carbocycles. The molecule has 4 aromatic rings. The fourth-order valence-electron chi connectivity index (χ4n) is 3.09. The maximum atomic E-state index is 12.6. The molecule has 0 bridgehead atoms. The van der Waals surface area contributed by atoms with Crippen molar-refractivity contribution in [1.82, 2.24) is 4.57 Å². The van der Waals surface area contributed by atoms with E-state index in [2.05, 4.69) is 51.3 Å². The fourth-order valence-corrected chi connectivity index (χ4v) is 4.02. The standard InChI is InChI=1S/C24H20N2OS/c27-23(21-14-8-3-9-15-21)25-24-26(17-16-19-10-4-1-5-11-19)22(18-28-24)20-12-6-2-7-13-20/h1-15,18H,16-17H2. The molecule has 0 aliphatic rings. The van der Waals surface area contributed by atoms with Gasteiger partial charge in [-0.15, -0.1) is 11.3 Å². The van der Waals surface area contributed by atoms with Gasteiger partial charge in [0, 0.05) is 17.5 Å². The van der Waals surface area contributed by atoms with Crippen LogP contribution in [0.3, 0.4) is 0 Å². The molecule has 28 heavy (non-hydrogen) atoms. The van der Waals surface area contributed by atoms with E-state index in [1.165, 1.54) is 16.9 Å². The van der Waals surface area contributed by atoms with E-state index in [1.807, 2.05) is 42.5 Å². The highest BCUT2D eigenvalue weighted by molar-refractivity contribution is 7.07. The van der Waals surface area contributed by atoms with Crippen LogP contribution in [0.4, 0.5) is 0 Å². The predicted molar refractivity (Wildman–Crippen MR) is 114 cm³/mol. The van der Waals surface area contributed by atoms with E-state index in [9.17, 15) is 4.79 Å². The lowest BCUT2D eigenvalue weighted by Gasteiger charge is -2.09. The number of benzene rings is 3. The van der Waals surface area contributed by atoms with Crippen LogP contribution < -0.4 is 4.80 Å². The molecule has 3 nitrogen and oxygen atoms in total. The van der Waals surface area contributed by atoms with E-state index in [-0.39, 0.29) is 5.91 Å². The van der Waals surface area contributed by atoms with Gasteiger partial charge >= 0.3 is 0 Å². The summed E-state index contributed by atoms with van der Waals surface area (Å²) in [5, 5.41) is 2.08. The molecule has 0 saturated carbocycles. The van der Waals surface area contributed by atoms with Gasteiger partial charge in [-0.25, -0.2) is 0 Å². The van der Waals surface area contributed by atoms with Crippen LogP contribution in [0, 0.1) is 0 Å². The molecule has 0 saturated heterocycles. The molecule has 0 aliphatic carbocycles. The number of hydrogen-bond donors (Lipinski definition) is 0. The Balaban J connectivity index is 1.72. The lowest BCUT2D eigenvalue weighted by Crippen LogP contribution is -2.19. The summed E-state index contributed by atoms with van der Waals surface area (Å²) in [6, 6.07) is 29.8. The summed E-state index contributed by atoms with van der Waals surface area (Å²) in [6.45, 7) is 0.763. The van der Waals surface area contributed by atoms with Gasteiger partial charge in [-0.05, 0) is 29.7 Å². The summed E-state index contributed by atoms with van der Waals surface area (Å²) < 4.78 is 2.15. The minimum atomic E-state index is -0.212. The Hall–Kier alpha value is -3.24. The zero-order chi connectivity index (χ0) is 19.2. The van der Waals surface area contributed by atoms with Gasteiger partial charge in [-0.1, -0.05) is 78.9 Å².